The van der Waals surface area contributed by atoms with Crippen molar-refractivity contribution in [1.82, 2.24) is 40.9 Å². The Morgan fingerprint density at radius 1 is 1.48 bits per heavy atom. The maximum atomic E-state index is 12.2. The van der Waals surface area contributed by atoms with Crippen molar-refractivity contribution in [2.24, 2.45) is 0 Å². The molecule has 0 unspecified atom stereocenters. The van der Waals surface area contributed by atoms with Gasteiger partial charge < -0.3 is 9.84 Å². The number of rotatable bonds is 4. The molecule has 0 atom stereocenters. The number of aryl methyl sites for hydroxylation is 2. The van der Waals surface area contributed by atoms with E-state index in [4.69, 9.17) is 4.52 Å². The highest BCUT2D eigenvalue weighted by atomic mass is 16.5. The highest BCUT2D eigenvalue weighted by molar-refractivity contribution is 5.96. The molecule has 3 heterocycles. The van der Waals surface area contributed by atoms with Gasteiger partial charge in [-0.15, -0.1) is 5.10 Å². The van der Waals surface area contributed by atoms with Gasteiger partial charge in [-0.3, -0.25) is 9.89 Å². The Hall–Kier alpha value is -3.04. The molecule has 0 saturated heterocycles. The van der Waals surface area contributed by atoms with Crippen LogP contribution in [0.15, 0.2) is 17.0 Å². The van der Waals surface area contributed by atoms with Crippen LogP contribution in [-0.2, 0) is 6.54 Å². The minimum absolute atomic E-state index is 0.297. The molecule has 10 heteroatoms. The summed E-state index contributed by atoms with van der Waals surface area (Å²) in [5, 5.41) is 23.9. The predicted octanol–water partition coefficient (Wildman–Crippen LogP) is -0.0798. The second-order valence-electron chi connectivity index (χ2n) is 4.37. The molecule has 1 amide bonds. The Bertz CT molecular complexity index is 738. The van der Waals surface area contributed by atoms with Crippen molar-refractivity contribution in [2.75, 3.05) is 0 Å². The SMILES string of the molecule is Cc1noc(C)c1CNC(=O)c1cn[nH]c1-n1cnnn1. The van der Waals surface area contributed by atoms with E-state index in [1.54, 1.807) is 6.92 Å². The fourth-order valence-electron chi connectivity index (χ4n) is 1.90. The van der Waals surface area contributed by atoms with Crippen LogP contribution in [-0.4, -0.2) is 41.5 Å². The normalized spacial score (nSPS) is 10.8. The van der Waals surface area contributed by atoms with Gasteiger partial charge in [0.15, 0.2) is 5.82 Å². The molecule has 0 aliphatic carbocycles. The molecule has 3 rings (SSSR count). The first kappa shape index (κ1) is 13.0. The summed E-state index contributed by atoms with van der Waals surface area (Å²) in [4.78, 5) is 12.2. The Morgan fingerprint density at radius 2 is 2.33 bits per heavy atom. The molecule has 0 aliphatic rings. The van der Waals surface area contributed by atoms with E-state index < -0.39 is 0 Å². The summed E-state index contributed by atoms with van der Waals surface area (Å²) >= 11 is 0. The van der Waals surface area contributed by atoms with Crippen LogP contribution in [0.2, 0.25) is 0 Å². The van der Waals surface area contributed by atoms with Gasteiger partial charge >= 0.3 is 0 Å². The smallest absolute Gasteiger partial charge is 0.257 e. The van der Waals surface area contributed by atoms with Crippen molar-refractivity contribution in [3.05, 3.63) is 35.1 Å². The van der Waals surface area contributed by atoms with E-state index in [0.717, 1.165) is 11.3 Å². The highest BCUT2D eigenvalue weighted by Gasteiger charge is 2.17. The van der Waals surface area contributed by atoms with Crippen LogP contribution in [0.25, 0.3) is 5.82 Å². The number of aromatic amines is 1. The lowest BCUT2D eigenvalue weighted by Crippen LogP contribution is -2.24. The predicted molar refractivity (Wildman–Crippen MR) is 68.4 cm³/mol. The van der Waals surface area contributed by atoms with E-state index in [1.807, 2.05) is 6.92 Å². The maximum absolute atomic E-state index is 12.2. The third-order valence-electron chi connectivity index (χ3n) is 3.05. The van der Waals surface area contributed by atoms with Crippen LogP contribution >= 0.6 is 0 Å². The molecule has 0 spiro atoms. The van der Waals surface area contributed by atoms with Crippen LogP contribution in [0.3, 0.4) is 0 Å². The van der Waals surface area contributed by atoms with Gasteiger partial charge in [0.05, 0.1) is 11.9 Å². The molecule has 21 heavy (non-hydrogen) atoms. The zero-order chi connectivity index (χ0) is 14.8. The van der Waals surface area contributed by atoms with Crippen LogP contribution in [0.4, 0.5) is 0 Å². The molecule has 0 aliphatic heterocycles. The van der Waals surface area contributed by atoms with E-state index in [-0.39, 0.29) is 5.91 Å². The van der Waals surface area contributed by atoms with Gasteiger partial charge in [0.1, 0.15) is 17.7 Å². The summed E-state index contributed by atoms with van der Waals surface area (Å²) in [5.41, 5.74) is 1.95. The molecule has 10 nitrogen and oxygen atoms in total. The average molecular weight is 288 g/mol. The van der Waals surface area contributed by atoms with Crippen molar-refractivity contribution < 1.29 is 9.32 Å². The van der Waals surface area contributed by atoms with E-state index in [2.05, 4.69) is 36.2 Å². The second-order valence-corrected chi connectivity index (χ2v) is 4.37. The zero-order valence-electron chi connectivity index (χ0n) is 11.4. The van der Waals surface area contributed by atoms with Crippen molar-refractivity contribution in [3.63, 3.8) is 0 Å². The Balaban J connectivity index is 1.77. The van der Waals surface area contributed by atoms with Crippen LogP contribution in [0.5, 0.6) is 0 Å². The molecular formula is C11H12N8O2. The van der Waals surface area contributed by atoms with Gasteiger partial charge in [0.2, 0.25) is 0 Å². The monoisotopic (exact) mass is 288 g/mol. The van der Waals surface area contributed by atoms with Gasteiger partial charge in [-0.25, -0.2) is 0 Å². The van der Waals surface area contributed by atoms with E-state index in [9.17, 15) is 4.79 Å². The van der Waals surface area contributed by atoms with Crippen LogP contribution < -0.4 is 5.32 Å². The summed E-state index contributed by atoms with van der Waals surface area (Å²) in [7, 11) is 0. The third-order valence-corrected chi connectivity index (χ3v) is 3.05. The average Bonchev–Trinajstić information content (AvgIpc) is 3.18. The summed E-state index contributed by atoms with van der Waals surface area (Å²) in [6.07, 6.45) is 2.79. The molecule has 0 radical (unpaired) electrons. The number of nitrogens with one attached hydrogen (secondary N) is 2. The first-order chi connectivity index (χ1) is 10.2. The number of H-pyrrole nitrogens is 1. The lowest BCUT2D eigenvalue weighted by Gasteiger charge is -2.04. The molecule has 0 aromatic carbocycles. The van der Waals surface area contributed by atoms with Crippen molar-refractivity contribution in [3.8, 4) is 5.82 Å². The highest BCUT2D eigenvalue weighted by Crippen LogP contribution is 2.13. The minimum atomic E-state index is -0.297. The van der Waals surface area contributed by atoms with E-state index in [1.165, 1.54) is 17.2 Å². The van der Waals surface area contributed by atoms with Crippen LogP contribution in [0, 0.1) is 13.8 Å². The lowest BCUT2D eigenvalue weighted by atomic mass is 10.2. The van der Waals surface area contributed by atoms with Gasteiger partial charge in [0.25, 0.3) is 5.91 Å². The molecule has 0 fully saturated rings. The quantitative estimate of drug-likeness (QED) is 0.687. The Labute approximate surface area is 118 Å². The molecule has 3 aromatic heterocycles. The topological polar surface area (TPSA) is 127 Å². The molecule has 0 bridgehead atoms. The zero-order valence-corrected chi connectivity index (χ0v) is 11.4. The molecular weight excluding hydrogens is 276 g/mol. The largest absolute Gasteiger partial charge is 0.361 e. The van der Waals surface area contributed by atoms with Crippen molar-refractivity contribution in [1.29, 1.82) is 0 Å². The number of carbonyl (C=O) groups excluding carboxylic acids is 1. The summed E-state index contributed by atoms with van der Waals surface area (Å²) < 4.78 is 6.38. The Morgan fingerprint density at radius 3 is 3.00 bits per heavy atom. The first-order valence-electron chi connectivity index (χ1n) is 6.13. The number of hydrogen-bond donors (Lipinski definition) is 2. The molecule has 0 saturated carbocycles. The molecule has 108 valence electrons. The number of nitrogens with zero attached hydrogens (tertiary/aromatic N) is 6. The van der Waals surface area contributed by atoms with Crippen LogP contribution in [0.1, 0.15) is 27.4 Å². The minimum Gasteiger partial charge on any atom is -0.361 e. The molecule has 2 N–H and O–H groups in total. The summed E-state index contributed by atoms with van der Waals surface area (Å²) in [5.74, 6) is 0.784. The lowest BCUT2D eigenvalue weighted by molar-refractivity contribution is 0.0950. The fraction of sp³-hybridized carbons (Fsp3) is 0.273. The number of hydrogen-bond acceptors (Lipinski definition) is 7. The Kier molecular flexibility index (Phi) is 3.18. The van der Waals surface area contributed by atoms with E-state index >= 15 is 0 Å². The standard InChI is InChI=1S/C11H12N8O2/c1-6-8(7(2)21-16-6)3-12-11(20)9-4-13-15-10(9)19-5-14-17-18-19/h4-5H,3H2,1-2H3,(H,12,20)(H,13,15). The van der Waals surface area contributed by atoms with Gasteiger partial charge in [-0.05, 0) is 24.3 Å². The first-order valence-corrected chi connectivity index (χ1v) is 6.13. The number of tetrazole rings is 1. The summed E-state index contributed by atoms with van der Waals surface area (Å²) in [6.45, 7) is 3.94. The third kappa shape index (κ3) is 2.38. The van der Waals surface area contributed by atoms with Gasteiger partial charge in [-0.1, -0.05) is 5.16 Å². The summed E-state index contributed by atoms with van der Waals surface area (Å²) in [6, 6.07) is 0. The second kappa shape index (κ2) is 5.15. The van der Waals surface area contributed by atoms with Crippen molar-refractivity contribution in [2.45, 2.75) is 20.4 Å². The van der Waals surface area contributed by atoms with E-state index in [0.29, 0.717) is 23.7 Å². The van der Waals surface area contributed by atoms with Gasteiger partial charge in [-0.2, -0.15) is 9.78 Å². The number of carbonyl (C=O) groups is 1. The van der Waals surface area contributed by atoms with Gasteiger partial charge in [0, 0.05) is 12.1 Å². The van der Waals surface area contributed by atoms with Crippen molar-refractivity contribution >= 4 is 5.91 Å². The molecule has 3 aromatic rings. The maximum Gasteiger partial charge on any atom is 0.257 e. The number of aromatic nitrogens is 7. The fourth-order valence-corrected chi connectivity index (χ4v) is 1.90. The number of amides is 1.